The maximum Gasteiger partial charge on any atom is 0.123 e. The molecule has 0 bridgehead atoms. The molecule has 0 aliphatic rings. The van der Waals surface area contributed by atoms with E-state index in [1.54, 1.807) is 12.1 Å². The predicted octanol–water partition coefficient (Wildman–Crippen LogP) is 3.05. The molecule has 0 saturated carbocycles. The molecule has 0 aromatic heterocycles. The van der Waals surface area contributed by atoms with E-state index in [2.05, 4.69) is 4.90 Å². The van der Waals surface area contributed by atoms with Crippen LogP contribution < -0.4 is 0 Å². The zero-order valence-corrected chi connectivity index (χ0v) is 9.54. The minimum atomic E-state index is -0.183. The molecule has 3 heteroatoms. The Morgan fingerprint density at radius 1 is 1.40 bits per heavy atom. The summed E-state index contributed by atoms with van der Waals surface area (Å²) in [4.78, 5) is 2.10. The van der Waals surface area contributed by atoms with E-state index in [0.29, 0.717) is 5.88 Å². The fourth-order valence-electron chi connectivity index (χ4n) is 1.33. The molecular weight excluding hydrogens is 213 g/mol. The highest BCUT2D eigenvalue weighted by atomic mass is 35.5. The number of nitrogens with zero attached hydrogens (tertiary/aromatic N) is 1. The lowest BCUT2D eigenvalue weighted by Crippen LogP contribution is -2.17. The minimum Gasteiger partial charge on any atom is -0.298 e. The van der Waals surface area contributed by atoms with E-state index in [1.807, 2.05) is 25.3 Å². The van der Waals surface area contributed by atoms with Gasteiger partial charge in [-0.25, -0.2) is 4.39 Å². The van der Waals surface area contributed by atoms with Crippen LogP contribution >= 0.6 is 11.6 Å². The van der Waals surface area contributed by atoms with E-state index in [0.717, 1.165) is 18.7 Å². The van der Waals surface area contributed by atoms with Crippen molar-refractivity contribution in [2.45, 2.75) is 6.54 Å². The summed E-state index contributed by atoms with van der Waals surface area (Å²) in [5.41, 5.74) is 0.983. The standard InChI is InChI=1S/C12H15ClFN/c1-15(8-3-2-7-13)10-11-5-4-6-12(14)9-11/h2-6,9H,7-8,10H2,1H3. The van der Waals surface area contributed by atoms with Crippen molar-refractivity contribution in [1.82, 2.24) is 4.90 Å². The fraction of sp³-hybridized carbons (Fsp3) is 0.333. The average Bonchev–Trinajstić information content (AvgIpc) is 2.18. The molecule has 0 fully saturated rings. The maximum atomic E-state index is 12.9. The first kappa shape index (κ1) is 12.2. The zero-order valence-electron chi connectivity index (χ0n) is 8.79. The Morgan fingerprint density at radius 3 is 2.87 bits per heavy atom. The lowest BCUT2D eigenvalue weighted by atomic mass is 10.2. The van der Waals surface area contributed by atoms with E-state index >= 15 is 0 Å². The number of alkyl halides is 1. The largest absolute Gasteiger partial charge is 0.298 e. The van der Waals surface area contributed by atoms with Gasteiger partial charge in [0.1, 0.15) is 5.82 Å². The predicted molar refractivity (Wildman–Crippen MR) is 62.6 cm³/mol. The molecule has 0 atom stereocenters. The van der Waals surface area contributed by atoms with E-state index in [4.69, 9.17) is 11.6 Å². The minimum absolute atomic E-state index is 0.183. The second-order valence-electron chi connectivity index (χ2n) is 3.45. The molecule has 0 unspecified atom stereocenters. The molecule has 0 radical (unpaired) electrons. The SMILES string of the molecule is CN(CC=CCCl)Cc1cccc(F)c1. The van der Waals surface area contributed by atoms with Gasteiger partial charge < -0.3 is 0 Å². The quantitative estimate of drug-likeness (QED) is 0.552. The van der Waals surface area contributed by atoms with Crippen LogP contribution in [0.1, 0.15) is 5.56 Å². The summed E-state index contributed by atoms with van der Waals surface area (Å²) in [6.07, 6.45) is 3.91. The monoisotopic (exact) mass is 227 g/mol. The molecule has 1 rings (SSSR count). The Balaban J connectivity index is 2.44. The lowest BCUT2D eigenvalue weighted by Gasteiger charge is -2.14. The van der Waals surface area contributed by atoms with Gasteiger partial charge in [-0.1, -0.05) is 24.3 Å². The second-order valence-corrected chi connectivity index (χ2v) is 3.76. The van der Waals surface area contributed by atoms with Crippen LogP contribution in [0.15, 0.2) is 36.4 Å². The molecule has 1 nitrogen and oxygen atoms in total. The van der Waals surface area contributed by atoms with Gasteiger partial charge in [-0.2, -0.15) is 0 Å². The summed E-state index contributed by atoms with van der Waals surface area (Å²) in [6, 6.07) is 6.66. The summed E-state index contributed by atoms with van der Waals surface area (Å²) in [7, 11) is 1.99. The highest BCUT2D eigenvalue weighted by Gasteiger charge is 1.99. The normalized spacial score (nSPS) is 11.5. The van der Waals surface area contributed by atoms with Crippen LogP contribution in [0.4, 0.5) is 4.39 Å². The number of likely N-dealkylation sites (N-methyl/N-ethyl adjacent to an activating group) is 1. The van der Waals surface area contributed by atoms with Crippen molar-refractivity contribution in [3.63, 3.8) is 0 Å². The number of hydrogen-bond donors (Lipinski definition) is 0. The Morgan fingerprint density at radius 2 is 2.20 bits per heavy atom. The summed E-state index contributed by atoms with van der Waals surface area (Å²) < 4.78 is 12.9. The summed E-state index contributed by atoms with van der Waals surface area (Å²) >= 11 is 5.51. The smallest absolute Gasteiger partial charge is 0.123 e. The van der Waals surface area contributed by atoms with Crippen molar-refractivity contribution in [3.8, 4) is 0 Å². The van der Waals surface area contributed by atoms with Crippen LogP contribution in [-0.2, 0) is 6.54 Å². The van der Waals surface area contributed by atoms with Gasteiger partial charge in [0.05, 0.1) is 0 Å². The zero-order chi connectivity index (χ0) is 11.1. The van der Waals surface area contributed by atoms with Crippen LogP contribution in [0.25, 0.3) is 0 Å². The third kappa shape index (κ3) is 4.96. The highest BCUT2D eigenvalue weighted by molar-refractivity contribution is 6.18. The van der Waals surface area contributed by atoms with Crippen molar-refractivity contribution in [3.05, 3.63) is 47.8 Å². The Kier molecular flexibility index (Phi) is 5.37. The maximum absolute atomic E-state index is 12.9. The molecule has 1 aromatic carbocycles. The molecular formula is C12H15ClFN. The first-order valence-electron chi connectivity index (χ1n) is 4.86. The molecule has 15 heavy (non-hydrogen) atoms. The third-order valence-corrected chi connectivity index (χ3v) is 2.19. The molecule has 0 heterocycles. The number of halogens is 2. The average molecular weight is 228 g/mol. The molecule has 1 aromatic rings. The van der Waals surface area contributed by atoms with Crippen LogP contribution in [0.5, 0.6) is 0 Å². The van der Waals surface area contributed by atoms with Crippen molar-refractivity contribution in [1.29, 1.82) is 0 Å². The summed E-state index contributed by atoms with van der Waals surface area (Å²) in [5.74, 6) is 0.352. The van der Waals surface area contributed by atoms with E-state index in [-0.39, 0.29) is 5.82 Å². The lowest BCUT2D eigenvalue weighted by molar-refractivity contribution is 0.362. The van der Waals surface area contributed by atoms with Crippen LogP contribution in [0, 0.1) is 5.82 Å². The van der Waals surface area contributed by atoms with Crippen LogP contribution in [0.3, 0.4) is 0 Å². The highest BCUT2D eigenvalue weighted by Crippen LogP contribution is 2.05. The molecule has 0 N–H and O–H groups in total. The van der Waals surface area contributed by atoms with Crippen molar-refractivity contribution in [2.75, 3.05) is 19.5 Å². The molecule has 0 saturated heterocycles. The van der Waals surface area contributed by atoms with Gasteiger partial charge in [-0.3, -0.25) is 4.90 Å². The van der Waals surface area contributed by atoms with Crippen molar-refractivity contribution in [2.24, 2.45) is 0 Å². The Labute approximate surface area is 95.2 Å². The van der Waals surface area contributed by atoms with Gasteiger partial charge in [0.2, 0.25) is 0 Å². The molecule has 0 aliphatic heterocycles. The van der Waals surface area contributed by atoms with Gasteiger partial charge in [0.25, 0.3) is 0 Å². The first-order valence-corrected chi connectivity index (χ1v) is 5.40. The second kappa shape index (κ2) is 6.59. The van der Waals surface area contributed by atoms with Crippen molar-refractivity contribution >= 4 is 11.6 Å². The number of rotatable bonds is 5. The van der Waals surface area contributed by atoms with Gasteiger partial charge in [-0.15, -0.1) is 11.6 Å². The summed E-state index contributed by atoms with van der Waals surface area (Å²) in [5, 5.41) is 0. The summed E-state index contributed by atoms with van der Waals surface area (Å²) in [6.45, 7) is 1.56. The third-order valence-electron chi connectivity index (χ3n) is 2.01. The Hall–Kier alpha value is -0.860. The van der Waals surface area contributed by atoms with Gasteiger partial charge in [-0.05, 0) is 24.7 Å². The number of allylic oxidation sites excluding steroid dienone is 1. The molecule has 0 aliphatic carbocycles. The van der Waals surface area contributed by atoms with E-state index in [1.165, 1.54) is 6.07 Å². The van der Waals surface area contributed by atoms with E-state index in [9.17, 15) is 4.39 Å². The number of hydrogen-bond acceptors (Lipinski definition) is 1. The first-order chi connectivity index (χ1) is 7.22. The molecule has 0 amide bonds. The topological polar surface area (TPSA) is 3.24 Å². The van der Waals surface area contributed by atoms with Gasteiger partial charge >= 0.3 is 0 Å². The van der Waals surface area contributed by atoms with E-state index < -0.39 is 0 Å². The number of benzene rings is 1. The fourth-order valence-corrected chi connectivity index (χ4v) is 1.46. The molecule has 82 valence electrons. The van der Waals surface area contributed by atoms with Crippen LogP contribution in [0.2, 0.25) is 0 Å². The Bertz CT molecular complexity index is 325. The van der Waals surface area contributed by atoms with Crippen molar-refractivity contribution < 1.29 is 4.39 Å². The van der Waals surface area contributed by atoms with Crippen LogP contribution in [-0.4, -0.2) is 24.4 Å². The van der Waals surface area contributed by atoms with Gasteiger partial charge in [0, 0.05) is 19.0 Å². The van der Waals surface area contributed by atoms with Gasteiger partial charge in [0.15, 0.2) is 0 Å². The molecule has 0 spiro atoms.